The average Bonchev–Trinajstić information content (AvgIpc) is 2.85. The van der Waals surface area contributed by atoms with Crippen LogP contribution in [0.15, 0.2) is 36.5 Å². The van der Waals surface area contributed by atoms with Gasteiger partial charge in [-0.25, -0.2) is 9.37 Å². The second-order valence-corrected chi connectivity index (χ2v) is 10.0. The number of fused-ring (bicyclic) bond motifs is 1. The molecule has 6 nitrogen and oxygen atoms in total. The van der Waals surface area contributed by atoms with Gasteiger partial charge in [0.05, 0.1) is 43.3 Å². The Kier molecular flexibility index (Phi) is 6.67. The number of hydrogen-bond donors (Lipinski definition) is 0. The Hall–Kier alpha value is -2.38. The molecule has 184 valence electrons. The number of pyridine rings is 1. The molecule has 34 heavy (non-hydrogen) atoms. The molecule has 5 rings (SSSR count). The van der Waals surface area contributed by atoms with E-state index in [0.717, 1.165) is 75.7 Å². The van der Waals surface area contributed by atoms with Crippen LogP contribution in [-0.2, 0) is 9.47 Å². The minimum atomic E-state index is -0.289. The monoisotopic (exact) mass is 469 g/mol. The first kappa shape index (κ1) is 23.4. The molecule has 2 saturated heterocycles. The third-order valence-corrected chi connectivity index (χ3v) is 7.40. The van der Waals surface area contributed by atoms with E-state index in [1.54, 1.807) is 12.1 Å². The molecule has 3 aliphatic rings. The van der Waals surface area contributed by atoms with Crippen molar-refractivity contribution in [2.24, 2.45) is 0 Å². The van der Waals surface area contributed by atoms with E-state index >= 15 is 0 Å². The summed E-state index contributed by atoms with van der Waals surface area (Å²) in [5, 5.41) is 0. The van der Waals surface area contributed by atoms with Crippen molar-refractivity contribution in [2.75, 3.05) is 42.6 Å². The zero-order valence-corrected chi connectivity index (χ0v) is 20.5. The first-order valence-electron chi connectivity index (χ1n) is 12.7. The van der Waals surface area contributed by atoms with E-state index in [-0.39, 0.29) is 23.6 Å². The molecule has 0 amide bonds. The van der Waals surface area contributed by atoms with E-state index in [1.807, 2.05) is 20.0 Å². The number of ether oxygens (including phenoxy) is 3. The molecule has 2 atom stereocenters. The van der Waals surface area contributed by atoms with E-state index < -0.39 is 0 Å². The maximum Gasteiger partial charge on any atom is 0.128 e. The van der Waals surface area contributed by atoms with Crippen LogP contribution in [0.25, 0.3) is 0 Å². The summed E-state index contributed by atoms with van der Waals surface area (Å²) in [6.45, 7) is 10.5. The summed E-state index contributed by atoms with van der Waals surface area (Å²) in [6, 6.07) is 9.53. The van der Waals surface area contributed by atoms with Gasteiger partial charge in [-0.1, -0.05) is 6.92 Å². The van der Waals surface area contributed by atoms with E-state index in [9.17, 15) is 4.39 Å². The summed E-state index contributed by atoms with van der Waals surface area (Å²) in [6.07, 6.45) is 5.49. The van der Waals surface area contributed by atoms with Gasteiger partial charge >= 0.3 is 0 Å². The summed E-state index contributed by atoms with van der Waals surface area (Å²) >= 11 is 0. The molecular formula is C27H36FN3O3. The molecule has 7 heteroatoms. The molecule has 3 aliphatic heterocycles. The van der Waals surface area contributed by atoms with Crippen molar-refractivity contribution < 1.29 is 18.6 Å². The van der Waals surface area contributed by atoms with Gasteiger partial charge in [0.15, 0.2) is 0 Å². The zero-order valence-electron chi connectivity index (χ0n) is 20.5. The Morgan fingerprint density at radius 2 is 2.00 bits per heavy atom. The van der Waals surface area contributed by atoms with Crippen LogP contribution in [0.3, 0.4) is 0 Å². The van der Waals surface area contributed by atoms with Gasteiger partial charge in [-0.05, 0) is 50.6 Å². The van der Waals surface area contributed by atoms with Crippen molar-refractivity contribution in [3.05, 3.63) is 47.9 Å². The third kappa shape index (κ3) is 4.73. The van der Waals surface area contributed by atoms with Gasteiger partial charge in [0.1, 0.15) is 23.0 Å². The van der Waals surface area contributed by atoms with E-state index in [1.165, 1.54) is 11.8 Å². The molecule has 0 aliphatic carbocycles. The first-order chi connectivity index (χ1) is 16.5. The summed E-state index contributed by atoms with van der Waals surface area (Å²) in [4.78, 5) is 9.57. The van der Waals surface area contributed by atoms with Crippen LogP contribution in [0.4, 0.5) is 15.9 Å². The van der Waals surface area contributed by atoms with Gasteiger partial charge in [0.25, 0.3) is 0 Å². The molecule has 0 bridgehead atoms. The fraction of sp³-hybridized carbons (Fsp3) is 0.593. The number of halogens is 1. The number of rotatable bonds is 5. The minimum Gasteiger partial charge on any atom is -0.487 e. The Balaban J connectivity index is 1.27. The highest BCUT2D eigenvalue weighted by Gasteiger charge is 2.44. The molecule has 0 radical (unpaired) electrons. The Morgan fingerprint density at radius 3 is 2.71 bits per heavy atom. The van der Waals surface area contributed by atoms with Crippen LogP contribution in [0.1, 0.15) is 58.1 Å². The molecule has 1 spiro atoms. The second-order valence-electron chi connectivity index (χ2n) is 10.0. The molecule has 2 fully saturated rings. The first-order valence-corrected chi connectivity index (χ1v) is 12.7. The Labute approximate surface area is 202 Å². The number of morpholine rings is 1. The van der Waals surface area contributed by atoms with Gasteiger partial charge in [-0.2, -0.15) is 0 Å². The standard InChI is InChI=1S/C27H36FN3O3/c1-4-21-18-32-14-13-31(21)22-6-8-26(29-17-22)30-11-9-27(10-12-30)16-25(33-19(2)3)23-15-20(28)5-7-24(23)34-27/h5-8,15,17,19,21,25H,4,9-14,16,18H2,1-3H3/t21?,25-/m1/s1. The smallest absolute Gasteiger partial charge is 0.128 e. The predicted octanol–water partition coefficient (Wildman–Crippen LogP) is 5.12. The molecule has 4 heterocycles. The maximum absolute atomic E-state index is 13.9. The van der Waals surface area contributed by atoms with Crippen molar-refractivity contribution in [1.29, 1.82) is 0 Å². The molecule has 1 unspecified atom stereocenters. The second kappa shape index (κ2) is 9.70. The number of anilines is 2. The van der Waals surface area contributed by atoms with Gasteiger partial charge in [0, 0.05) is 44.5 Å². The fourth-order valence-electron chi connectivity index (χ4n) is 5.55. The maximum atomic E-state index is 13.9. The highest BCUT2D eigenvalue weighted by atomic mass is 19.1. The van der Waals surface area contributed by atoms with Gasteiger partial charge in [-0.3, -0.25) is 0 Å². The topological polar surface area (TPSA) is 47.1 Å². The van der Waals surface area contributed by atoms with Crippen LogP contribution >= 0.6 is 0 Å². The fourth-order valence-corrected chi connectivity index (χ4v) is 5.55. The number of benzene rings is 1. The van der Waals surface area contributed by atoms with Crippen LogP contribution < -0.4 is 14.5 Å². The van der Waals surface area contributed by atoms with E-state index in [4.69, 9.17) is 19.2 Å². The van der Waals surface area contributed by atoms with Crippen molar-refractivity contribution in [3.63, 3.8) is 0 Å². The summed E-state index contributed by atoms with van der Waals surface area (Å²) < 4.78 is 32.3. The normalized spacial score (nSPS) is 24.3. The SMILES string of the molecule is CCC1COCCN1c1ccc(N2CCC3(CC2)C[C@@H](OC(C)C)c2cc(F)ccc2O3)nc1. The van der Waals surface area contributed by atoms with Gasteiger partial charge in [-0.15, -0.1) is 0 Å². The molecule has 0 N–H and O–H groups in total. The lowest BCUT2D eigenvalue weighted by molar-refractivity contribution is -0.0775. The lowest BCUT2D eigenvalue weighted by atomic mass is 9.81. The van der Waals surface area contributed by atoms with Gasteiger partial charge < -0.3 is 24.0 Å². The molecule has 1 aromatic carbocycles. The third-order valence-electron chi connectivity index (χ3n) is 7.40. The minimum absolute atomic E-state index is 0.0674. The predicted molar refractivity (Wildman–Crippen MR) is 131 cm³/mol. The van der Waals surface area contributed by atoms with E-state index in [2.05, 4.69) is 28.9 Å². The average molecular weight is 470 g/mol. The largest absolute Gasteiger partial charge is 0.487 e. The summed E-state index contributed by atoms with van der Waals surface area (Å²) in [5.41, 5.74) is 1.70. The summed E-state index contributed by atoms with van der Waals surface area (Å²) in [5.74, 6) is 1.51. The van der Waals surface area contributed by atoms with E-state index in [0.29, 0.717) is 6.04 Å². The Morgan fingerprint density at radius 1 is 1.18 bits per heavy atom. The molecule has 0 saturated carbocycles. The highest BCUT2D eigenvalue weighted by Crippen LogP contribution is 2.46. The van der Waals surface area contributed by atoms with Crippen LogP contribution in [0, 0.1) is 5.82 Å². The van der Waals surface area contributed by atoms with Crippen LogP contribution in [-0.4, -0.2) is 55.6 Å². The lowest BCUT2D eigenvalue weighted by Gasteiger charge is -2.47. The van der Waals surface area contributed by atoms with Crippen molar-refractivity contribution in [2.45, 2.75) is 70.3 Å². The van der Waals surface area contributed by atoms with Crippen LogP contribution in [0.2, 0.25) is 0 Å². The molecular weight excluding hydrogens is 433 g/mol. The number of piperidine rings is 1. The van der Waals surface area contributed by atoms with Crippen molar-refractivity contribution in [3.8, 4) is 5.75 Å². The summed E-state index contributed by atoms with van der Waals surface area (Å²) in [7, 11) is 0. The Bertz CT molecular complexity index is 976. The zero-order chi connectivity index (χ0) is 23.7. The number of aromatic nitrogens is 1. The number of nitrogens with zero attached hydrogens (tertiary/aromatic N) is 3. The van der Waals surface area contributed by atoms with Gasteiger partial charge in [0.2, 0.25) is 0 Å². The highest BCUT2D eigenvalue weighted by molar-refractivity contribution is 5.52. The van der Waals surface area contributed by atoms with Crippen LogP contribution in [0.5, 0.6) is 5.75 Å². The number of hydrogen-bond acceptors (Lipinski definition) is 6. The van der Waals surface area contributed by atoms with Crippen molar-refractivity contribution >= 4 is 11.5 Å². The lowest BCUT2D eigenvalue weighted by Crippen LogP contribution is -2.51. The molecule has 1 aromatic heterocycles. The quantitative estimate of drug-likeness (QED) is 0.606. The van der Waals surface area contributed by atoms with Crippen molar-refractivity contribution in [1.82, 2.24) is 4.98 Å². The molecule has 2 aromatic rings.